The highest BCUT2D eigenvalue weighted by atomic mass is 35.5. The van der Waals surface area contributed by atoms with E-state index in [0.717, 1.165) is 28.8 Å². The van der Waals surface area contributed by atoms with E-state index in [1.165, 1.54) is 4.90 Å². The number of benzene rings is 1. The number of hydrogen-bond donors (Lipinski definition) is 3. The highest BCUT2D eigenvalue weighted by Crippen LogP contribution is 2.32. The molecule has 0 aliphatic carbocycles. The van der Waals surface area contributed by atoms with Crippen molar-refractivity contribution < 1.29 is 19.4 Å². The molecule has 2 aromatic heterocycles. The van der Waals surface area contributed by atoms with Crippen molar-refractivity contribution in [1.82, 2.24) is 20.2 Å². The second-order valence-corrected chi connectivity index (χ2v) is 10.8. The van der Waals surface area contributed by atoms with Gasteiger partial charge >= 0.3 is 0 Å². The molecule has 0 bridgehead atoms. The number of halogens is 1. The number of hydrogen-bond acceptors (Lipinski definition) is 8. The monoisotopic (exact) mass is 541 g/mol. The molecule has 2 aliphatic rings. The first kappa shape index (κ1) is 25.6. The number of ether oxygens (including phenoxy) is 1. The van der Waals surface area contributed by atoms with Crippen molar-refractivity contribution in [3.05, 3.63) is 62.4 Å². The lowest BCUT2D eigenvalue weighted by Crippen LogP contribution is -2.39. The van der Waals surface area contributed by atoms with E-state index in [-0.39, 0.29) is 31.0 Å². The quantitative estimate of drug-likeness (QED) is 0.399. The molecule has 9 nitrogen and oxygen atoms in total. The maximum Gasteiger partial charge on any atom is 0.254 e. The standard InChI is InChI=1S/C26H28ClN5O4S/c1-15-8-18(14-37-15)22(13-33)30-23(34)12-32-11-17-3-2-16(9-20(17)25(32)35)24-21(27)10-28-26(31-24)29-19-4-6-36-7-5-19/h2-3,8-10,14,19,22,33H,4-7,11-13H2,1H3,(H,30,34)(H,28,29,31). The van der Waals surface area contributed by atoms with Crippen LogP contribution in [0.3, 0.4) is 0 Å². The summed E-state index contributed by atoms with van der Waals surface area (Å²) in [6.45, 7) is 3.39. The first-order valence-electron chi connectivity index (χ1n) is 12.2. The Morgan fingerprint density at radius 1 is 1.32 bits per heavy atom. The van der Waals surface area contributed by atoms with Crippen LogP contribution < -0.4 is 10.6 Å². The normalized spacial score (nSPS) is 16.5. The fourth-order valence-corrected chi connectivity index (χ4v) is 5.55. The summed E-state index contributed by atoms with van der Waals surface area (Å²) in [6, 6.07) is 7.18. The molecule has 2 amide bonds. The summed E-state index contributed by atoms with van der Waals surface area (Å²) in [7, 11) is 0. The minimum Gasteiger partial charge on any atom is -0.394 e. The van der Waals surface area contributed by atoms with Gasteiger partial charge in [0.2, 0.25) is 11.9 Å². The van der Waals surface area contributed by atoms with Crippen LogP contribution in [0, 0.1) is 6.92 Å². The summed E-state index contributed by atoms with van der Waals surface area (Å²) >= 11 is 7.99. The van der Waals surface area contributed by atoms with E-state index in [1.54, 1.807) is 23.6 Å². The van der Waals surface area contributed by atoms with Gasteiger partial charge in [-0.3, -0.25) is 9.59 Å². The number of thiophene rings is 1. The van der Waals surface area contributed by atoms with Gasteiger partial charge in [-0.25, -0.2) is 9.97 Å². The van der Waals surface area contributed by atoms with Crippen LogP contribution in [-0.4, -0.2) is 64.2 Å². The summed E-state index contributed by atoms with van der Waals surface area (Å²) in [6.07, 6.45) is 3.32. The molecule has 4 heterocycles. The molecule has 2 aliphatic heterocycles. The summed E-state index contributed by atoms with van der Waals surface area (Å²) < 4.78 is 5.41. The molecule has 194 valence electrons. The van der Waals surface area contributed by atoms with Crippen LogP contribution in [-0.2, 0) is 16.1 Å². The molecule has 1 unspecified atom stereocenters. The van der Waals surface area contributed by atoms with Gasteiger partial charge in [0.1, 0.15) is 6.54 Å². The Kier molecular flexibility index (Phi) is 7.71. The van der Waals surface area contributed by atoms with Gasteiger partial charge < -0.3 is 25.4 Å². The van der Waals surface area contributed by atoms with Crippen molar-refractivity contribution in [1.29, 1.82) is 0 Å². The van der Waals surface area contributed by atoms with Gasteiger partial charge in [0.05, 0.1) is 29.6 Å². The zero-order valence-electron chi connectivity index (χ0n) is 20.4. The molecule has 3 N–H and O–H groups in total. The summed E-state index contributed by atoms with van der Waals surface area (Å²) in [4.78, 5) is 37.4. The van der Waals surface area contributed by atoms with Crippen molar-refractivity contribution in [2.24, 2.45) is 0 Å². The maximum atomic E-state index is 13.2. The number of nitrogens with zero attached hydrogens (tertiary/aromatic N) is 3. The van der Waals surface area contributed by atoms with Gasteiger partial charge in [-0.1, -0.05) is 23.7 Å². The number of nitrogens with one attached hydrogen (secondary N) is 2. The van der Waals surface area contributed by atoms with Crippen molar-refractivity contribution in [3.8, 4) is 11.3 Å². The number of aryl methyl sites for hydroxylation is 1. The fraction of sp³-hybridized carbons (Fsp3) is 0.385. The smallest absolute Gasteiger partial charge is 0.254 e. The van der Waals surface area contributed by atoms with E-state index in [2.05, 4.69) is 20.6 Å². The predicted molar refractivity (Wildman–Crippen MR) is 142 cm³/mol. The van der Waals surface area contributed by atoms with Gasteiger partial charge in [-0.2, -0.15) is 0 Å². The van der Waals surface area contributed by atoms with Gasteiger partial charge in [0.25, 0.3) is 5.91 Å². The van der Waals surface area contributed by atoms with Crippen molar-refractivity contribution in [2.75, 3.05) is 31.7 Å². The Balaban J connectivity index is 1.28. The number of rotatable bonds is 8. The highest BCUT2D eigenvalue weighted by molar-refractivity contribution is 7.10. The molecule has 3 aromatic rings. The van der Waals surface area contributed by atoms with Crippen LogP contribution in [0.15, 0.2) is 35.8 Å². The number of anilines is 1. The highest BCUT2D eigenvalue weighted by Gasteiger charge is 2.30. The summed E-state index contributed by atoms with van der Waals surface area (Å²) in [5.41, 5.74) is 3.45. The predicted octanol–water partition coefficient (Wildman–Crippen LogP) is 3.56. The van der Waals surface area contributed by atoms with Crippen molar-refractivity contribution in [2.45, 2.75) is 38.4 Å². The molecule has 0 saturated carbocycles. The number of carbonyl (C=O) groups excluding carboxylic acids is 2. The molecule has 5 rings (SSSR count). The van der Waals surface area contributed by atoms with Crippen LogP contribution in [0.2, 0.25) is 5.02 Å². The number of aromatic nitrogens is 2. The molecule has 37 heavy (non-hydrogen) atoms. The lowest BCUT2D eigenvalue weighted by Gasteiger charge is -2.23. The maximum absolute atomic E-state index is 13.2. The SMILES string of the molecule is Cc1cc(C(CO)NC(=O)CN2Cc3ccc(-c4nc(NC5CCOCC5)ncc4Cl)cc3C2=O)cs1. The van der Waals surface area contributed by atoms with Crippen molar-refractivity contribution in [3.63, 3.8) is 0 Å². The fourth-order valence-electron chi connectivity index (χ4n) is 4.59. The zero-order valence-corrected chi connectivity index (χ0v) is 21.9. The minimum absolute atomic E-state index is 0.101. The van der Waals surface area contributed by atoms with Crippen LogP contribution in [0.5, 0.6) is 0 Å². The molecular weight excluding hydrogens is 514 g/mol. The van der Waals surface area contributed by atoms with Crippen molar-refractivity contribution >= 4 is 40.7 Å². The molecule has 11 heteroatoms. The zero-order chi connectivity index (χ0) is 25.9. The molecule has 1 fully saturated rings. The van der Waals surface area contributed by atoms with E-state index in [0.29, 0.717) is 47.6 Å². The topological polar surface area (TPSA) is 117 Å². The Bertz CT molecular complexity index is 1310. The Morgan fingerprint density at radius 3 is 2.86 bits per heavy atom. The van der Waals surface area contributed by atoms with Crippen LogP contribution in [0.25, 0.3) is 11.3 Å². The molecule has 0 spiro atoms. The Hall–Kier alpha value is -3.05. The third-order valence-electron chi connectivity index (χ3n) is 6.57. The Morgan fingerprint density at radius 2 is 2.14 bits per heavy atom. The number of amides is 2. The molecule has 1 saturated heterocycles. The van der Waals surface area contributed by atoms with E-state index in [1.807, 2.05) is 30.5 Å². The van der Waals surface area contributed by atoms with Gasteiger partial charge in [-0.15, -0.1) is 11.3 Å². The van der Waals surface area contributed by atoms with E-state index in [4.69, 9.17) is 16.3 Å². The van der Waals surface area contributed by atoms with Gasteiger partial charge in [0, 0.05) is 41.8 Å². The summed E-state index contributed by atoms with van der Waals surface area (Å²) in [5.74, 6) is -0.0766. The summed E-state index contributed by atoms with van der Waals surface area (Å²) in [5, 5.41) is 18.2. The van der Waals surface area contributed by atoms with Gasteiger partial charge in [-0.05, 0) is 48.4 Å². The molecule has 1 aromatic carbocycles. The number of aliphatic hydroxyl groups is 1. The van der Waals surface area contributed by atoms with Gasteiger partial charge in [0.15, 0.2) is 0 Å². The minimum atomic E-state index is -0.506. The van der Waals surface area contributed by atoms with E-state index >= 15 is 0 Å². The number of carbonyl (C=O) groups is 2. The average molecular weight is 542 g/mol. The third kappa shape index (κ3) is 5.77. The average Bonchev–Trinajstić information content (AvgIpc) is 3.47. The van der Waals surface area contributed by atoms with E-state index < -0.39 is 6.04 Å². The Labute approximate surface area is 223 Å². The lowest BCUT2D eigenvalue weighted by atomic mass is 10.0. The molecular formula is C26H28ClN5O4S. The van der Waals surface area contributed by atoms with Crippen LogP contribution in [0.1, 0.15) is 45.2 Å². The first-order valence-corrected chi connectivity index (χ1v) is 13.4. The lowest BCUT2D eigenvalue weighted by molar-refractivity contribution is -0.122. The molecule has 0 radical (unpaired) electrons. The number of aliphatic hydroxyl groups excluding tert-OH is 1. The second kappa shape index (κ2) is 11.1. The van der Waals surface area contributed by atoms with E-state index in [9.17, 15) is 14.7 Å². The largest absolute Gasteiger partial charge is 0.394 e. The third-order valence-corrected chi connectivity index (χ3v) is 7.72. The first-order chi connectivity index (χ1) is 17.9. The second-order valence-electron chi connectivity index (χ2n) is 9.25. The van der Waals surface area contributed by atoms with Crippen LogP contribution in [0.4, 0.5) is 5.95 Å². The number of fused-ring (bicyclic) bond motifs is 1. The molecule has 1 atom stereocenters. The van der Waals surface area contributed by atoms with Crippen LogP contribution >= 0.6 is 22.9 Å².